The molecule has 0 radical (unpaired) electrons. The van der Waals surface area contributed by atoms with Crippen molar-refractivity contribution < 1.29 is 4.79 Å². The first-order chi connectivity index (χ1) is 8.61. The molecule has 0 saturated heterocycles. The van der Waals surface area contributed by atoms with Crippen LogP contribution in [0.3, 0.4) is 0 Å². The third kappa shape index (κ3) is 2.93. The van der Waals surface area contributed by atoms with Crippen molar-refractivity contribution in [3.63, 3.8) is 0 Å². The molecule has 3 N–H and O–H groups in total. The van der Waals surface area contributed by atoms with Crippen LogP contribution in [0.5, 0.6) is 0 Å². The van der Waals surface area contributed by atoms with Gasteiger partial charge in [-0.2, -0.15) is 0 Å². The first-order valence-electron chi connectivity index (χ1n) is 6.75. The number of rotatable bonds is 5. The Morgan fingerprint density at radius 2 is 2.33 bits per heavy atom. The highest BCUT2D eigenvalue weighted by atomic mass is 32.1. The molecule has 1 aromatic heterocycles. The van der Waals surface area contributed by atoms with Crippen molar-refractivity contribution in [3.05, 3.63) is 21.4 Å². The van der Waals surface area contributed by atoms with Crippen LogP contribution in [0.1, 0.15) is 42.0 Å². The summed E-state index contributed by atoms with van der Waals surface area (Å²) in [5.74, 6) is 0.205. The number of hydrogen-bond donors (Lipinski definition) is 2. The molecule has 1 aromatic rings. The number of hydrogen-bond acceptors (Lipinski definition) is 3. The Morgan fingerprint density at radius 3 is 3.00 bits per heavy atom. The van der Waals surface area contributed by atoms with Gasteiger partial charge in [0, 0.05) is 9.75 Å². The lowest BCUT2D eigenvalue weighted by Crippen LogP contribution is -2.44. The molecule has 3 nitrogen and oxygen atoms in total. The maximum Gasteiger partial charge on any atom is 0.237 e. The molecule has 0 spiro atoms. The number of nitrogens with two attached hydrogens (primary N) is 1. The van der Waals surface area contributed by atoms with Crippen molar-refractivity contribution in [2.75, 3.05) is 0 Å². The topological polar surface area (TPSA) is 55.1 Å². The Morgan fingerprint density at radius 1 is 1.56 bits per heavy atom. The first-order valence-corrected chi connectivity index (χ1v) is 7.57. The lowest BCUT2D eigenvalue weighted by Gasteiger charge is -2.17. The Bertz CT molecular complexity index is 406. The summed E-state index contributed by atoms with van der Waals surface area (Å²) in [5.41, 5.74) is 7.38. The monoisotopic (exact) mass is 266 g/mol. The first kappa shape index (κ1) is 13.6. The minimum Gasteiger partial charge on any atom is -0.350 e. The summed E-state index contributed by atoms with van der Waals surface area (Å²) in [7, 11) is 0. The van der Waals surface area contributed by atoms with Gasteiger partial charge >= 0.3 is 0 Å². The van der Waals surface area contributed by atoms with Crippen LogP contribution in [0.2, 0.25) is 0 Å². The van der Waals surface area contributed by atoms with Crippen LogP contribution < -0.4 is 11.1 Å². The van der Waals surface area contributed by atoms with E-state index in [1.807, 2.05) is 18.3 Å². The number of aryl methyl sites for hydroxylation is 2. The van der Waals surface area contributed by atoms with Gasteiger partial charge in [-0.3, -0.25) is 4.79 Å². The third-order valence-electron chi connectivity index (χ3n) is 3.79. The second-order valence-electron chi connectivity index (χ2n) is 5.14. The van der Waals surface area contributed by atoms with Gasteiger partial charge < -0.3 is 11.1 Å². The lowest BCUT2D eigenvalue weighted by atomic mass is 9.99. The van der Waals surface area contributed by atoms with Gasteiger partial charge in [0.2, 0.25) is 5.91 Å². The van der Waals surface area contributed by atoms with Crippen LogP contribution in [0.15, 0.2) is 6.07 Å². The van der Waals surface area contributed by atoms with E-state index in [2.05, 4.69) is 18.3 Å². The molecule has 0 saturated carbocycles. The molecule has 0 fully saturated rings. The van der Waals surface area contributed by atoms with Crippen molar-refractivity contribution in [1.82, 2.24) is 5.32 Å². The van der Waals surface area contributed by atoms with Gasteiger partial charge in [-0.15, -0.1) is 11.3 Å². The smallest absolute Gasteiger partial charge is 0.237 e. The Labute approximate surface area is 113 Å². The second kappa shape index (κ2) is 5.85. The van der Waals surface area contributed by atoms with Gasteiger partial charge in [0.05, 0.1) is 12.6 Å². The average molecular weight is 266 g/mol. The standard InChI is InChI=1S/C14H22N2OS/c1-3-9(2)13(15)14(17)16-8-11-7-10-5-4-6-12(10)18-11/h7,9,13H,3-6,8,15H2,1-2H3,(H,16,17)/t9?,13-/m0/s1. The summed E-state index contributed by atoms with van der Waals surface area (Å²) >= 11 is 1.83. The Balaban J connectivity index is 1.85. The number of carbonyl (C=O) groups excluding carboxylic acids is 1. The maximum atomic E-state index is 11.9. The zero-order valence-electron chi connectivity index (χ0n) is 11.2. The molecule has 1 aliphatic carbocycles. The molecule has 0 bridgehead atoms. The van der Waals surface area contributed by atoms with E-state index in [1.54, 1.807) is 0 Å². The average Bonchev–Trinajstić information content (AvgIpc) is 2.94. The van der Waals surface area contributed by atoms with Crippen molar-refractivity contribution in [3.8, 4) is 0 Å². The zero-order valence-corrected chi connectivity index (χ0v) is 12.0. The van der Waals surface area contributed by atoms with E-state index in [1.165, 1.54) is 34.6 Å². The van der Waals surface area contributed by atoms with Crippen molar-refractivity contribution in [2.45, 2.75) is 52.1 Å². The van der Waals surface area contributed by atoms with E-state index >= 15 is 0 Å². The van der Waals surface area contributed by atoms with Crippen molar-refractivity contribution in [1.29, 1.82) is 0 Å². The third-order valence-corrected chi connectivity index (χ3v) is 5.03. The number of carbonyl (C=O) groups is 1. The predicted octanol–water partition coefficient (Wildman–Crippen LogP) is 2.23. The van der Waals surface area contributed by atoms with Gasteiger partial charge in [0.25, 0.3) is 0 Å². The molecule has 1 amide bonds. The summed E-state index contributed by atoms with van der Waals surface area (Å²) in [6.45, 7) is 4.70. The molecule has 0 aliphatic heterocycles. The molecular weight excluding hydrogens is 244 g/mol. The minimum absolute atomic E-state index is 0.0297. The normalized spacial score (nSPS) is 17.3. The quantitative estimate of drug-likeness (QED) is 0.858. The molecule has 1 unspecified atom stereocenters. The fourth-order valence-corrected chi connectivity index (χ4v) is 3.48. The zero-order chi connectivity index (χ0) is 13.1. The largest absolute Gasteiger partial charge is 0.350 e. The summed E-state index contributed by atoms with van der Waals surface area (Å²) in [6.07, 6.45) is 4.63. The molecule has 0 aromatic carbocycles. The van der Waals surface area contributed by atoms with E-state index in [0.717, 1.165) is 6.42 Å². The summed E-state index contributed by atoms with van der Waals surface area (Å²) in [6, 6.07) is 1.85. The Hall–Kier alpha value is -0.870. The van der Waals surface area contributed by atoms with Crippen molar-refractivity contribution in [2.24, 2.45) is 11.7 Å². The van der Waals surface area contributed by atoms with Crippen molar-refractivity contribution >= 4 is 17.2 Å². The van der Waals surface area contributed by atoms with Crippen LogP contribution in [-0.4, -0.2) is 11.9 Å². The van der Waals surface area contributed by atoms with E-state index in [-0.39, 0.29) is 17.9 Å². The molecule has 2 atom stereocenters. The minimum atomic E-state index is -0.387. The highest BCUT2D eigenvalue weighted by molar-refractivity contribution is 7.12. The summed E-state index contributed by atoms with van der Waals surface area (Å²) in [5, 5.41) is 2.95. The summed E-state index contributed by atoms with van der Waals surface area (Å²) < 4.78 is 0. The van der Waals surface area contributed by atoms with Gasteiger partial charge in [-0.05, 0) is 36.8 Å². The number of nitrogens with one attached hydrogen (secondary N) is 1. The van der Waals surface area contributed by atoms with Crippen LogP contribution in [0.4, 0.5) is 0 Å². The van der Waals surface area contributed by atoms with Crippen LogP contribution >= 0.6 is 11.3 Å². The van der Waals surface area contributed by atoms with Gasteiger partial charge in [0.1, 0.15) is 0 Å². The molecule has 1 heterocycles. The van der Waals surface area contributed by atoms with E-state index < -0.39 is 0 Å². The maximum absolute atomic E-state index is 11.9. The predicted molar refractivity (Wildman–Crippen MR) is 75.6 cm³/mol. The van der Waals surface area contributed by atoms with E-state index in [0.29, 0.717) is 6.54 Å². The SMILES string of the molecule is CCC(C)[C@H](N)C(=O)NCc1cc2c(s1)CCC2. The Kier molecular flexibility index (Phi) is 4.40. The lowest BCUT2D eigenvalue weighted by molar-refractivity contribution is -0.123. The highest BCUT2D eigenvalue weighted by Gasteiger charge is 2.20. The molecule has 1 aliphatic rings. The fraction of sp³-hybridized carbons (Fsp3) is 0.643. The van der Waals surface area contributed by atoms with Crippen LogP contribution in [-0.2, 0) is 24.2 Å². The van der Waals surface area contributed by atoms with Crippen LogP contribution in [0, 0.1) is 5.92 Å². The molecule has 100 valence electrons. The molecule has 18 heavy (non-hydrogen) atoms. The van der Waals surface area contributed by atoms with E-state index in [4.69, 9.17) is 5.73 Å². The molecular formula is C14H22N2OS. The van der Waals surface area contributed by atoms with Gasteiger partial charge in [-0.1, -0.05) is 20.3 Å². The van der Waals surface area contributed by atoms with E-state index in [9.17, 15) is 4.79 Å². The van der Waals surface area contributed by atoms with Gasteiger partial charge in [-0.25, -0.2) is 0 Å². The number of amides is 1. The highest BCUT2D eigenvalue weighted by Crippen LogP contribution is 2.30. The number of fused-ring (bicyclic) bond motifs is 1. The second-order valence-corrected chi connectivity index (χ2v) is 6.37. The molecule has 4 heteroatoms. The number of thiophene rings is 1. The fourth-order valence-electron chi connectivity index (χ4n) is 2.28. The summed E-state index contributed by atoms with van der Waals surface area (Å²) in [4.78, 5) is 14.6. The van der Waals surface area contributed by atoms with Gasteiger partial charge in [0.15, 0.2) is 0 Å². The van der Waals surface area contributed by atoms with Crippen LogP contribution in [0.25, 0.3) is 0 Å². The molecule has 2 rings (SSSR count).